The summed E-state index contributed by atoms with van der Waals surface area (Å²) in [5, 5.41) is 3.80. The van der Waals surface area contributed by atoms with Gasteiger partial charge >= 0.3 is 5.69 Å². The van der Waals surface area contributed by atoms with Gasteiger partial charge in [-0.1, -0.05) is 41.4 Å². The molecule has 32 heavy (non-hydrogen) atoms. The fourth-order valence-corrected chi connectivity index (χ4v) is 4.14. The van der Waals surface area contributed by atoms with E-state index in [4.69, 9.17) is 11.6 Å². The number of halogens is 2. The van der Waals surface area contributed by atoms with E-state index in [1.165, 1.54) is 10.6 Å². The highest BCUT2D eigenvalue weighted by molar-refractivity contribution is 6.31. The lowest BCUT2D eigenvalue weighted by molar-refractivity contribution is -0.116. The number of rotatable bonds is 4. The Morgan fingerprint density at radius 1 is 1.06 bits per heavy atom. The van der Waals surface area contributed by atoms with E-state index in [1.807, 2.05) is 32.9 Å². The van der Waals surface area contributed by atoms with Crippen LogP contribution in [-0.4, -0.2) is 15.5 Å². The van der Waals surface area contributed by atoms with Gasteiger partial charge in [0.05, 0.1) is 11.2 Å². The van der Waals surface area contributed by atoms with Gasteiger partial charge in [-0.3, -0.25) is 9.36 Å². The van der Waals surface area contributed by atoms with Crippen LogP contribution < -0.4 is 11.0 Å². The average molecular weight is 450 g/mol. The van der Waals surface area contributed by atoms with Crippen molar-refractivity contribution in [2.75, 3.05) is 5.32 Å². The normalized spacial score (nSPS) is 11.0. The van der Waals surface area contributed by atoms with Crippen molar-refractivity contribution in [2.24, 2.45) is 0 Å². The van der Waals surface area contributed by atoms with E-state index < -0.39 is 11.5 Å². The Kier molecular flexibility index (Phi) is 5.80. The van der Waals surface area contributed by atoms with Crippen LogP contribution in [0.25, 0.3) is 22.2 Å². The molecule has 4 rings (SSSR count). The van der Waals surface area contributed by atoms with Crippen LogP contribution >= 0.6 is 11.6 Å². The Balaban J connectivity index is 1.79. The van der Waals surface area contributed by atoms with Crippen molar-refractivity contribution in [3.05, 3.63) is 92.6 Å². The van der Waals surface area contributed by atoms with E-state index in [2.05, 4.69) is 10.3 Å². The number of fused-ring (bicyclic) bond motifs is 1. The standard InChI is InChI=1S/C25H21ClFN3O2/c1-14-10-15(2)23(16(3)11-14)28-22(31)13-30-21-9-8-17(26)12-19(21)24(29-25(30)32)18-6-4-5-7-20(18)27/h4-12H,13H2,1-3H3,(H,28,31). The predicted octanol–water partition coefficient (Wildman–Crippen LogP) is 5.42. The number of nitrogens with zero attached hydrogens (tertiary/aromatic N) is 2. The van der Waals surface area contributed by atoms with Gasteiger partial charge in [-0.25, -0.2) is 9.18 Å². The molecule has 1 heterocycles. The summed E-state index contributed by atoms with van der Waals surface area (Å²) < 4.78 is 15.7. The molecule has 0 saturated carbocycles. The molecule has 3 aromatic carbocycles. The van der Waals surface area contributed by atoms with E-state index in [1.54, 1.807) is 36.4 Å². The first kappa shape index (κ1) is 21.7. The van der Waals surface area contributed by atoms with Crippen LogP contribution in [0.2, 0.25) is 5.02 Å². The maximum atomic E-state index is 14.4. The highest BCUT2D eigenvalue weighted by atomic mass is 35.5. The minimum absolute atomic E-state index is 0.187. The van der Waals surface area contributed by atoms with Crippen molar-refractivity contribution in [3.8, 4) is 11.3 Å². The Labute approximate surface area is 189 Å². The second-order valence-electron chi connectivity index (χ2n) is 7.79. The molecule has 0 aliphatic rings. The molecule has 0 unspecified atom stereocenters. The third-order valence-corrected chi connectivity index (χ3v) is 5.55. The number of anilines is 1. The number of hydrogen-bond donors (Lipinski definition) is 1. The minimum Gasteiger partial charge on any atom is -0.324 e. The number of aromatic nitrogens is 2. The van der Waals surface area contributed by atoms with Gasteiger partial charge in [0.2, 0.25) is 5.91 Å². The van der Waals surface area contributed by atoms with Crippen molar-refractivity contribution in [1.82, 2.24) is 9.55 Å². The van der Waals surface area contributed by atoms with Crippen molar-refractivity contribution in [1.29, 1.82) is 0 Å². The fourth-order valence-electron chi connectivity index (χ4n) is 3.96. The molecule has 1 amide bonds. The van der Waals surface area contributed by atoms with E-state index in [0.717, 1.165) is 22.4 Å². The maximum absolute atomic E-state index is 14.4. The van der Waals surface area contributed by atoms with Crippen molar-refractivity contribution in [2.45, 2.75) is 27.3 Å². The van der Waals surface area contributed by atoms with Crippen LogP contribution in [0.1, 0.15) is 16.7 Å². The zero-order valence-corrected chi connectivity index (χ0v) is 18.6. The number of benzene rings is 3. The summed E-state index contributed by atoms with van der Waals surface area (Å²) in [5.41, 5.74) is 3.88. The quantitative estimate of drug-likeness (QED) is 0.452. The van der Waals surface area contributed by atoms with Gasteiger partial charge in [-0.05, 0) is 62.2 Å². The zero-order chi connectivity index (χ0) is 23.0. The van der Waals surface area contributed by atoms with Gasteiger partial charge in [0, 0.05) is 21.7 Å². The van der Waals surface area contributed by atoms with Crippen LogP contribution in [0, 0.1) is 26.6 Å². The monoisotopic (exact) mass is 449 g/mol. The molecule has 0 atom stereocenters. The van der Waals surface area contributed by atoms with E-state index >= 15 is 0 Å². The van der Waals surface area contributed by atoms with Crippen LogP contribution in [0.3, 0.4) is 0 Å². The fraction of sp³-hybridized carbons (Fsp3) is 0.160. The lowest BCUT2D eigenvalue weighted by atomic mass is 10.0. The number of nitrogens with one attached hydrogen (secondary N) is 1. The Morgan fingerprint density at radius 3 is 2.44 bits per heavy atom. The summed E-state index contributed by atoms with van der Waals surface area (Å²) in [4.78, 5) is 29.9. The Bertz CT molecular complexity index is 1410. The number of amides is 1. The van der Waals surface area contributed by atoms with E-state index in [9.17, 15) is 14.0 Å². The van der Waals surface area contributed by atoms with Crippen LogP contribution in [-0.2, 0) is 11.3 Å². The van der Waals surface area contributed by atoms with Gasteiger partial charge in [0.15, 0.2) is 0 Å². The van der Waals surface area contributed by atoms with Gasteiger partial charge < -0.3 is 5.32 Å². The lowest BCUT2D eigenvalue weighted by Crippen LogP contribution is -2.30. The van der Waals surface area contributed by atoms with Crippen LogP contribution in [0.4, 0.5) is 10.1 Å². The molecule has 1 N–H and O–H groups in total. The highest BCUT2D eigenvalue weighted by Crippen LogP contribution is 2.29. The molecular formula is C25H21ClFN3O2. The van der Waals surface area contributed by atoms with Crippen LogP contribution in [0.15, 0.2) is 59.4 Å². The largest absolute Gasteiger partial charge is 0.349 e. The summed E-state index contributed by atoms with van der Waals surface area (Å²) in [7, 11) is 0. The molecule has 5 nitrogen and oxygen atoms in total. The molecule has 0 fully saturated rings. The van der Waals surface area contributed by atoms with Crippen molar-refractivity contribution >= 4 is 34.1 Å². The third-order valence-electron chi connectivity index (χ3n) is 5.32. The third kappa shape index (κ3) is 4.14. The topological polar surface area (TPSA) is 64.0 Å². The van der Waals surface area contributed by atoms with E-state index in [0.29, 0.717) is 15.9 Å². The molecule has 4 aromatic rings. The molecule has 0 aliphatic carbocycles. The highest BCUT2D eigenvalue weighted by Gasteiger charge is 2.17. The lowest BCUT2D eigenvalue weighted by Gasteiger charge is -2.15. The predicted molar refractivity (Wildman–Crippen MR) is 126 cm³/mol. The van der Waals surface area contributed by atoms with E-state index in [-0.39, 0.29) is 23.7 Å². The molecule has 1 aromatic heterocycles. The molecule has 0 aliphatic heterocycles. The van der Waals surface area contributed by atoms with Gasteiger partial charge in [0.25, 0.3) is 0 Å². The molecule has 0 saturated heterocycles. The van der Waals surface area contributed by atoms with Crippen LogP contribution in [0.5, 0.6) is 0 Å². The summed E-state index contributed by atoms with van der Waals surface area (Å²) in [5.74, 6) is -0.861. The summed E-state index contributed by atoms with van der Waals surface area (Å²) in [6, 6.07) is 14.9. The second-order valence-corrected chi connectivity index (χ2v) is 8.23. The average Bonchev–Trinajstić information content (AvgIpc) is 2.73. The first-order valence-electron chi connectivity index (χ1n) is 10.1. The number of carbonyl (C=O) groups is 1. The molecule has 162 valence electrons. The number of hydrogen-bond acceptors (Lipinski definition) is 3. The minimum atomic E-state index is -0.648. The van der Waals surface area contributed by atoms with Gasteiger partial charge in [-0.15, -0.1) is 0 Å². The molecule has 0 spiro atoms. The molecule has 0 bridgehead atoms. The first-order valence-corrected chi connectivity index (χ1v) is 10.4. The molecular weight excluding hydrogens is 429 g/mol. The zero-order valence-electron chi connectivity index (χ0n) is 17.9. The summed E-state index contributed by atoms with van der Waals surface area (Å²) in [6.45, 7) is 5.59. The summed E-state index contributed by atoms with van der Waals surface area (Å²) >= 11 is 6.18. The summed E-state index contributed by atoms with van der Waals surface area (Å²) in [6.07, 6.45) is 0. The molecule has 0 radical (unpaired) electrons. The van der Waals surface area contributed by atoms with Crippen molar-refractivity contribution in [3.63, 3.8) is 0 Å². The van der Waals surface area contributed by atoms with Gasteiger partial charge in [-0.2, -0.15) is 4.98 Å². The second kappa shape index (κ2) is 8.55. The Hall–Kier alpha value is -3.51. The number of carbonyl (C=O) groups excluding carboxylic acids is 1. The molecule has 7 heteroatoms. The Morgan fingerprint density at radius 2 is 1.75 bits per heavy atom. The van der Waals surface area contributed by atoms with Gasteiger partial charge in [0.1, 0.15) is 12.4 Å². The number of aryl methyl sites for hydroxylation is 3. The SMILES string of the molecule is Cc1cc(C)c(NC(=O)Cn2c(=O)nc(-c3ccccc3F)c3cc(Cl)ccc32)c(C)c1. The smallest absolute Gasteiger partial charge is 0.324 e. The maximum Gasteiger partial charge on any atom is 0.349 e. The van der Waals surface area contributed by atoms with Crippen molar-refractivity contribution < 1.29 is 9.18 Å². The first-order chi connectivity index (χ1) is 15.2.